The van der Waals surface area contributed by atoms with E-state index >= 15 is 0 Å². The Morgan fingerprint density at radius 2 is 1.31 bits per heavy atom. The lowest BCUT2D eigenvalue weighted by Gasteiger charge is -2.11. The molecule has 2 amide bonds. The highest BCUT2D eigenvalue weighted by Gasteiger charge is 2.11. The van der Waals surface area contributed by atoms with Crippen molar-refractivity contribution in [1.29, 1.82) is 0 Å². The molecule has 0 saturated carbocycles. The van der Waals surface area contributed by atoms with Crippen molar-refractivity contribution in [3.63, 3.8) is 0 Å². The van der Waals surface area contributed by atoms with Gasteiger partial charge in [-0.2, -0.15) is 0 Å². The Morgan fingerprint density at radius 3 is 2.00 bits per heavy atom. The topological polar surface area (TPSA) is 101 Å². The van der Waals surface area contributed by atoms with Crippen molar-refractivity contribution in [1.82, 2.24) is 0 Å². The van der Waals surface area contributed by atoms with Gasteiger partial charge in [-0.15, -0.1) is 0 Å². The van der Waals surface area contributed by atoms with Gasteiger partial charge in [0.25, 0.3) is 0 Å². The Kier molecular flexibility index (Phi) is 6.48. The van der Waals surface area contributed by atoms with Crippen LogP contribution in [-0.4, -0.2) is 14.4 Å². The van der Waals surface area contributed by atoms with E-state index in [0.29, 0.717) is 22.5 Å². The number of carbonyl (C=O) groups excluding carboxylic acids is 1. The quantitative estimate of drug-likeness (QED) is 0.460. The molecule has 0 atom stereocenters. The molecular weight excluding hydrogens is 454 g/mol. The number of sulfonamides is 1. The van der Waals surface area contributed by atoms with Gasteiger partial charge in [0.1, 0.15) is 0 Å². The maximum atomic E-state index is 12.4. The zero-order chi connectivity index (χ0) is 20.9. The van der Waals surface area contributed by atoms with Crippen LogP contribution in [-0.2, 0) is 10.0 Å². The van der Waals surface area contributed by atoms with Crippen LogP contribution >= 0.6 is 15.9 Å². The van der Waals surface area contributed by atoms with E-state index in [9.17, 15) is 13.2 Å². The molecule has 0 aliphatic carbocycles. The summed E-state index contributed by atoms with van der Waals surface area (Å²) in [6.45, 7) is 0. The van der Waals surface area contributed by atoms with Gasteiger partial charge in [0.05, 0.1) is 10.6 Å². The summed E-state index contributed by atoms with van der Waals surface area (Å²) in [5.74, 6) is 0. The Morgan fingerprint density at radius 1 is 0.793 bits per heavy atom. The van der Waals surface area contributed by atoms with Gasteiger partial charge in [0.15, 0.2) is 0 Å². The van der Waals surface area contributed by atoms with E-state index in [4.69, 9.17) is 5.14 Å². The van der Waals surface area contributed by atoms with Gasteiger partial charge < -0.3 is 10.6 Å². The SMILES string of the molecule is NS(=O)(=O)c1ccccc1/C=C/c1ccccc1NC(=O)Nc1ccccc1Br. The summed E-state index contributed by atoms with van der Waals surface area (Å²) in [6, 6.07) is 20.5. The molecule has 8 heteroatoms. The van der Waals surface area contributed by atoms with Gasteiger partial charge in [0, 0.05) is 10.2 Å². The lowest BCUT2D eigenvalue weighted by Crippen LogP contribution is -2.20. The Labute approximate surface area is 177 Å². The number of hydrogen-bond acceptors (Lipinski definition) is 3. The second kappa shape index (κ2) is 9.04. The first-order chi connectivity index (χ1) is 13.8. The van der Waals surface area contributed by atoms with Crippen molar-refractivity contribution in [2.24, 2.45) is 5.14 Å². The summed E-state index contributed by atoms with van der Waals surface area (Å²) in [7, 11) is -3.84. The molecule has 0 unspecified atom stereocenters. The average molecular weight is 472 g/mol. The van der Waals surface area contributed by atoms with Crippen molar-refractivity contribution in [2.75, 3.05) is 10.6 Å². The molecule has 0 radical (unpaired) electrons. The molecule has 0 saturated heterocycles. The average Bonchev–Trinajstić information content (AvgIpc) is 2.68. The zero-order valence-corrected chi connectivity index (χ0v) is 17.6. The molecule has 3 rings (SSSR count). The number of rotatable bonds is 5. The minimum absolute atomic E-state index is 0.0355. The van der Waals surface area contributed by atoms with E-state index in [2.05, 4.69) is 26.6 Å². The minimum Gasteiger partial charge on any atom is -0.307 e. The molecule has 29 heavy (non-hydrogen) atoms. The van der Waals surface area contributed by atoms with Crippen LogP contribution in [0.25, 0.3) is 12.2 Å². The highest BCUT2D eigenvalue weighted by molar-refractivity contribution is 9.10. The van der Waals surface area contributed by atoms with Crippen molar-refractivity contribution in [3.8, 4) is 0 Å². The zero-order valence-electron chi connectivity index (χ0n) is 15.2. The fourth-order valence-corrected chi connectivity index (χ4v) is 3.77. The molecule has 148 valence electrons. The third-order valence-electron chi connectivity index (χ3n) is 4.00. The van der Waals surface area contributed by atoms with E-state index in [0.717, 1.165) is 4.47 Å². The number of halogens is 1. The molecule has 0 bridgehead atoms. The molecular formula is C21H18BrN3O3S. The number of amides is 2. The Hall–Kier alpha value is -2.94. The van der Waals surface area contributed by atoms with Crippen LogP contribution < -0.4 is 15.8 Å². The number of urea groups is 1. The third kappa shape index (κ3) is 5.54. The molecule has 4 N–H and O–H groups in total. The summed E-state index contributed by atoms with van der Waals surface area (Å²) >= 11 is 3.39. The lowest BCUT2D eigenvalue weighted by molar-refractivity contribution is 0.262. The number of primary sulfonamides is 1. The molecule has 0 aliphatic heterocycles. The Balaban J connectivity index is 1.82. The summed E-state index contributed by atoms with van der Waals surface area (Å²) in [6.07, 6.45) is 3.37. The highest BCUT2D eigenvalue weighted by atomic mass is 79.9. The van der Waals surface area contributed by atoms with Gasteiger partial charge in [-0.05, 0) is 51.3 Å². The maximum absolute atomic E-state index is 12.4. The number of nitrogens with two attached hydrogens (primary N) is 1. The van der Waals surface area contributed by atoms with E-state index in [-0.39, 0.29) is 4.90 Å². The van der Waals surface area contributed by atoms with Gasteiger partial charge in [-0.3, -0.25) is 0 Å². The first-order valence-electron chi connectivity index (χ1n) is 8.56. The molecule has 0 spiro atoms. The predicted molar refractivity (Wildman–Crippen MR) is 120 cm³/mol. The number of anilines is 2. The normalized spacial score (nSPS) is 11.4. The summed E-state index contributed by atoms with van der Waals surface area (Å²) < 4.78 is 24.3. The molecule has 0 heterocycles. The third-order valence-corrected chi connectivity index (χ3v) is 5.68. The van der Waals surface area contributed by atoms with Crippen LogP contribution in [0.2, 0.25) is 0 Å². The van der Waals surface area contributed by atoms with Crippen LogP contribution in [0.15, 0.2) is 82.2 Å². The smallest absolute Gasteiger partial charge is 0.307 e. The van der Waals surface area contributed by atoms with Gasteiger partial charge in [-0.25, -0.2) is 18.4 Å². The second-order valence-electron chi connectivity index (χ2n) is 6.06. The monoisotopic (exact) mass is 471 g/mol. The van der Waals surface area contributed by atoms with Crippen LogP contribution in [0.5, 0.6) is 0 Å². The molecule has 0 aromatic heterocycles. The number of para-hydroxylation sites is 2. The number of hydrogen-bond donors (Lipinski definition) is 3. The van der Waals surface area contributed by atoms with Crippen molar-refractivity contribution in [2.45, 2.75) is 4.90 Å². The number of carbonyl (C=O) groups is 1. The standard InChI is InChI=1S/C21H18BrN3O3S/c22-17-9-3-5-11-19(17)25-21(26)24-18-10-4-1-7-15(18)13-14-16-8-2-6-12-20(16)29(23,27)28/h1-14H,(H2,23,27,28)(H2,24,25,26)/b14-13+. The fourth-order valence-electron chi connectivity index (χ4n) is 2.65. The van der Waals surface area contributed by atoms with Crippen LogP contribution in [0.3, 0.4) is 0 Å². The Bertz CT molecular complexity index is 1180. The molecule has 3 aromatic rings. The second-order valence-corrected chi connectivity index (χ2v) is 8.45. The van der Waals surface area contributed by atoms with E-state index < -0.39 is 16.1 Å². The van der Waals surface area contributed by atoms with Crippen LogP contribution in [0, 0.1) is 0 Å². The predicted octanol–water partition coefficient (Wildman–Crippen LogP) is 4.91. The summed E-state index contributed by atoms with van der Waals surface area (Å²) in [5.41, 5.74) is 2.38. The first-order valence-corrected chi connectivity index (χ1v) is 10.9. The van der Waals surface area contributed by atoms with Crippen molar-refractivity contribution >= 4 is 55.5 Å². The highest BCUT2D eigenvalue weighted by Crippen LogP contribution is 2.23. The summed E-state index contributed by atoms with van der Waals surface area (Å²) in [4.78, 5) is 12.4. The number of nitrogens with one attached hydrogen (secondary N) is 2. The number of benzene rings is 3. The summed E-state index contributed by atoms with van der Waals surface area (Å²) in [5, 5.41) is 10.9. The fraction of sp³-hybridized carbons (Fsp3) is 0. The van der Waals surface area contributed by atoms with Crippen molar-refractivity contribution < 1.29 is 13.2 Å². The largest absolute Gasteiger partial charge is 0.323 e. The van der Waals surface area contributed by atoms with Crippen molar-refractivity contribution in [3.05, 3.63) is 88.4 Å². The van der Waals surface area contributed by atoms with E-state index in [1.807, 2.05) is 30.3 Å². The van der Waals surface area contributed by atoms with Gasteiger partial charge in [-0.1, -0.05) is 60.7 Å². The first kappa shape index (κ1) is 20.8. The minimum atomic E-state index is -3.84. The van der Waals surface area contributed by atoms with Crippen LogP contribution in [0.1, 0.15) is 11.1 Å². The molecule has 0 fully saturated rings. The lowest BCUT2D eigenvalue weighted by atomic mass is 10.1. The molecule has 0 aliphatic rings. The van der Waals surface area contributed by atoms with E-state index in [1.54, 1.807) is 48.6 Å². The van der Waals surface area contributed by atoms with Gasteiger partial charge in [0.2, 0.25) is 10.0 Å². The maximum Gasteiger partial charge on any atom is 0.323 e. The van der Waals surface area contributed by atoms with Gasteiger partial charge >= 0.3 is 6.03 Å². The van der Waals surface area contributed by atoms with Crippen LogP contribution in [0.4, 0.5) is 16.2 Å². The van der Waals surface area contributed by atoms with E-state index in [1.165, 1.54) is 6.07 Å². The molecule has 6 nitrogen and oxygen atoms in total. The molecule has 3 aromatic carbocycles.